The zero-order valence-electron chi connectivity index (χ0n) is 11.8. The molecule has 0 radical (unpaired) electrons. The quantitative estimate of drug-likeness (QED) is 0.675. The van der Waals surface area contributed by atoms with Gasteiger partial charge in [0.1, 0.15) is 24.5 Å². The first-order chi connectivity index (χ1) is 10.3. The van der Waals surface area contributed by atoms with Gasteiger partial charge < -0.3 is 14.1 Å². The number of aryl methyl sites for hydroxylation is 1. The molecule has 0 N–H and O–H groups in total. The largest absolute Gasteiger partial charge is 0.486 e. The molecule has 1 aromatic heterocycles. The van der Waals surface area contributed by atoms with Crippen molar-refractivity contribution in [3.05, 3.63) is 59.9 Å². The highest BCUT2D eigenvalue weighted by Gasteiger charge is 2.07. The molecule has 0 bridgehead atoms. The van der Waals surface area contributed by atoms with E-state index in [0.29, 0.717) is 13.0 Å². The number of carbonyl (C=O) groups excluding carboxylic acids is 1. The second-order valence-electron chi connectivity index (χ2n) is 4.88. The Kier molecular flexibility index (Phi) is 3.69. The van der Waals surface area contributed by atoms with E-state index in [2.05, 4.69) is 4.98 Å². The van der Waals surface area contributed by atoms with Crippen LogP contribution in [0, 0.1) is 0 Å². The molecular formula is C17H16N2O2. The van der Waals surface area contributed by atoms with Gasteiger partial charge in [-0.3, -0.25) is 0 Å². The van der Waals surface area contributed by atoms with Crippen LogP contribution in [0.5, 0.6) is 5.75 Å². The fraction of sp³-hybridized carbons (Fsp3) is 0.176. The summed E-state index contributed by atoms with van der Waals surface area (Å²) < 4.78 is 7.80. The van der Waals surface area contributed by atoms with Crippen LogP contribution in [0.4, 0.5) is 0 Å². The second kappa shape index (κ2) is 5.79. The third kappa shape index (κ3) is 2.79. The van der Waals surface area contributed by atoms with Crippen LogP contribution in [0.25, 0.3) is 11.0 Å². The van der Waals surface area contributed by atoms with E-state index in [-0.39, 0.29) is 0 Å². The number of hydrogen-bond donors (Lipinski definition) is 0. The highest BCUT2D eigenvalue weighted by molar-refractivity contribution is 5.75. The Hall–Kier alpha value is -2.62. The van der Waals surface area contributed by atoms with Crippen LogP contribution in [0.2, 0.25) is 0 Å². The van der Waals surface area contributed by atoms with Crippen LogP contribution in [0.15, 0.2) is 48.5 Å². The maximum atomic E-state index is 10.5. The Labute approximate surface area is 123 Å². The molecule has 4 nitrogen and oxygen atoms in total. The average molecular weight is 280 g/mol. The van der Waals surface area contributed by atoms with Gasteiger partial charge in [-0.1, -0.05) is 24.3 Å². The topological polar surface area (TPSA) is 44.1 Å². The predicted octanol–water partition coefficient (Wildman–Crippen LogP) is 2.89. The smallest absolute Gasteiger partial charge is 0.147 e. The van der Waals surface area contributed by atoms with Crippen LogP contribution in [0.3, 0.4) is 0 Å². The van der Waals surface area contributed by atoms with Gasteiger partial charge in [0, 0.05) is 13.5 Å². The van der Waals surface area contributed by atoms with Crippen molar-refractivity contribution in [1.82, 2.24) is 9.55 Å². The molecule has 0 unspecified atom stereocenters. The third-order valence-electron chi connectivity index (χ3n) is 3.49. The van der Waals surface area contributed by atoms with Crippen molar-refractivity contribution in [3.63, 3.8) is 0 Å². The number of aromatic nitrogens is 2. The maximum Gasteiger partial charge on any atom is 0.147 e. The second-order valence-corrected chi connectivity index (χ2v) is 4.88. The van der Waals surface area contributed by atoms with Gasteiger partial charge in [-0.15, -0.1) is 0 Å². The number of fused-ring (bicyclic) bond motifs is 1. The molecule has 0 aliphatic rings. The Morgan fingerprint density at radius 1 is 1.14 bits per heavy atom. The average Bonchev–Trinajstić information content (AvgIpc) is 2.84. The van der Waals surface area contributed by atoms with Gasteiger partial charge in [-0.25, -0.2) is 4.98 Å². The SMILES string of the molecule is Cn1c(COc2ccc(CC=O)cc2)nc2ccccc21. The molecule has 0 spiro atoms. The van der Waals surface area contributed by atoms with Crippen LogP contribution in [-0.4, -0.2) is 15.8 Å². The van der Waals surface area contributed by atoms with E-state index in [1.165, 1.54) is 0 Å². The summed E-state index contributed by atoms with van der Waals surface area (Å²) >= 11 is 0. The highest BCUT2D eigenvalue weighted by Crippen LogP contribution is 2.17. The van der Waals surface area contributed by atoms with Crippen molar-refractivity contribution in [2.24, 2.45) is 7.05 Å². The van der Waals surface area contributed by atoms with Crippen molar-refractivity contribution >= 4 is 17.3 Å². The lowest BCUT2D eigenvalue weighted by atomic mass is 10.2. The number of imidazole rings is 1. The molecule has 106 valence electrons. The number of para-hydroxylation sites is 2. The Morgan fingerprint density at radius 3 is 2.62 bits per heavy atom. The number of benzene rings is 2. The molecule has 3 rings (SSSR count). The molecule has 3 aromatic rings. The standard InChI is InChI=1S/C17H16N2O2/c1-19-16-5-3-2-4-15(16)18-17(19)12-21-14-8-6-13(7-9-14)10-11-20/h2-9,11H,10,12H2,1H3. The first kappa shape index (κ1) is 13.4. The third-order valence-corrected chi connectivity index (χ3v) is 3.49. The zero-order valence-corrected chi connectivity index (χ0v) is 11.8. The summed E-state index contributed by atoms with van der Waals surface area (Å²) in [7, 11) is 1.99. The molecule has 0 fully saturated rings. The van der Waals surface area contributed by atoms with Gasteiger partial charge >= 0.3 is 0 Å². The molecule has 0 aliphatic carbocycles. The zero-order chi connectivity index (χ0) is 14.7. The van der Waals surface area contributed by atoms with Crippen molar-refractivity contribution in [1.29, 1.82) is 0 Å². The van der Waals surface area contributed by atoms with E-state index in [1.807, 2.05) is 60.1 Å². The molecule has 21 heavy (non-hydrogen) atoms. The fourth-order valence-corrected chi connectivity index (χ4v) is 2.29. The van der Waals surface area contributed by atoms with Crippen LogP contribution in [0.1, 0.15) is 11.4 Å². The van der Waals surface area contributed by atoms with Gasteiger partial charge in [0.25, 0.3) is 0 Å². The van der Waals surface area contributed by atoms with Crippen LogP contribution in [-0.2, 0) is 24.9 Å². The van der Waals surface area contributed by atoms with Gasteiger partial charge in [0.2, 0.25) is 0 Å². The van der Waals surface area contributed by atoms with E-state index >= 15 is 0 Å². The van der Waals surface area contributed by atoms with Crippen LogP contribution < -0.4 is 4.74 Å². The van der Waals surface area contributed by atoms with E-state index in [0.717, 1.165) is 34.5 Å². The molecule has 1 heterocycles. The number of hydrogen-bond acceptors (Lipinski definition) is 3. The number of rotatable bonds is 5. The number of ether oxygens (including phenoxy) is 1. The van der Waals surface area contributed by atoms with E-state index in [4.69, 9.17) is 4.74 Å². The van der Waals surface area contributed by atoms with E-state index in [9.17, 15) is 4.79 Å². The summed E-state index contributed by atoms with van der Waals surface area (Å²) in [5.41, 5.74) is 3.05. The summed E-state index contributed by atoms with van der Waals surface area (Å²) in [5, 5.41) is 0. The summed E-state index contributed by atoms with van der Waals surface area (Å²) in [5.74, 6) is 1.66. The van der Waals surface area contributed by atoms with Crippen molar-refractivity contribution in [3.8, 4) is 5.75 Å². The lowest BCUT2D eigenvalue weighted by Crippen LogP contribution is -2.03. The summed E-state index contributed by atoms with van der Waals surface area (Å²) in [6.45, 7) is 0.415. The molecule has 0 saturated carbocycles. The molecule has 0 aliphatic heterocycles. The Bertz CT molecular complexity index is 760. The lowest BCUT2D eigenvalue weighted by Gasteiger charge is -2.07. The summed E-state index contributed by atoms with van der Waals surface area (Å²) in [6, 6.07) is 15.6. The first-order valence-corrected chi connectivity index (χ1v) is 6.83. The van der Waals surface area contributed by atoms with Crippen LogP contribution >= 0.6 is 0 Å². The number of aldehydes is 1. The molecule has 4 heteroatoms. The molecule has 0 saturated heterocycles. The van der Waals surface area contributed by atoms with E-state index in [1.54, 1.807) is 0 Å². The highest BCUT2D eigenvalue weighted by atomic mass is 16.5. The van der Waals surface area contributed by atoms with Gasteiger partial charge in [-0.2, -0.15) is 0 Å². The Morgan fingerprint density at radius 2 is 1.90 bits per heavy atom. The molecule has 2 aromatic carbocycles. The maximum absolute atomic E-state index is 10.5. The van der Waals surface area contributed by atoms with Crippen molar-refractivity contribution in [2.75, 3.05) is 0 Å². The normalized spacial score (nSPS) is 10.7. The first-order valence-electron chi connectivity index (χ1n) is 6.83. The summed E-state index contributed by atoms with van der Waals surface area (Å²) in [4.78, 5) is 15.0. The van der Waals surface area contributed by atoms with E-state index < -0.39 is 0 Å². The molecular weight excluding hydrogens is 264 g/mol. The lowest BCUT2D eigenvalue weighted by molar-refractivity contribution is -0.107. The minimum Gasteiger partial charge on any atom is -0.486 e. The Balaban J connectivity index is 1.74. The van der Waals surface area contributed by atoms with Gasteiger partial charge in [-0.05, 0) is 29.8 Å². The van der Waals surface area contributed by atoms with Crippen molar-refractivity contribution < 1.29 is 9.53 Å². The number of carbonyl (C=O) groups is 1. The fourth-order valence-electron chi connectivity index (χ4n) is 2.29. The minimum atomic E-state index is 0.415. The van der Waals surface area contributed by atoms with Gasteiger partial charge in [0.05, 0.1) is 11.0 Å². The summed E-state index contributed by atoms with van der Waals surface area (Å²) in [6.07, 6.45) is 1.33. The van der Waals surface area contributed by atoms with Gasteiger partial charge in [0.15, 0.2) is 0 Å². The number of nitrogens with zero attached hydrogens (tertiary/aromatic N) is 2. The molecule has 0 amide bonds. The predicted molar refractivity (Wildman–Crippen MR) is 81.3 cm³/mol. The minimum absolute atomic E-state index is 0.415. The van der Waals surface area contributed by atoms with Crippen molar-refractivity contribution in [2.45, 2.75) is 13.0 Å². The monoisotopic (exact) mass is 280 g/mol. The molecule has 0 atom stereocenters.